The Labute approximate surface area is 154 Å². The average Bonchev–Trinajstić information content (AvgIpc) is 2.82. The van der Waals surface area contributed by atoms with Gasteiger partial charge in [0.25, 0.3) is 0 Å². The summed E-state index contributed by atoms with van der Waals surface area (Å²) in [6.07, 6.45) is 5.74. The van der Waals surface area contributed by atoms with E-state index < -0.39 is 0 Å². The Morgan fingerprint density at radius 3 is 2.76 bits per heavy atom. The third-order valence-electron chi connectivity index (χ3n) is 4.16. The summed E-state index contributed by atoms with van der Waals surface area (Å²) < 4.78 is 5.30. The molecular formula is C17H30N4O3S. The lowest BCUT2D eigenvalue weighted by atomic mass is 10.2. The van der Waals surface area contributed by atoms with Crippen molar-refractivity contribution in [2.75, 3.05) is 58.9 Å². The number of hydrogen-bond donors (Lipinski definition) is 2. The first kappa shape index (κ1) is 20.1. The van der Waals surface area contributed by atoms with E-state index >= 15 is 0 Å². The van der Waals surface area contributed by atoms with Crippen molar-refractivity contribution in [1.29, 1.82) is 0 Å². The topological polar surface area (TPSA) is 77.9 Å². The molecule has 1 aliphatic carbocycles. The van der Waals surface area contributed by atoms with Crippen LogP contribution in [0.25, 0.3) is 0 Å². The summed E-state index contributed by atoms with van der Waals surface area (Å²) in [6, 6.07) is -0.140. The minimum absolute atomic E-state index is 0.00539. The fourth-order valence-corrected chi connectivity index (χ4v) is 3.77. The van der Waals surface area contributed by atoms with Crippen LogP contribution >= 0.6 is 11.3 Å². The van der Waals surface area contributed by atoms with Crippen molar-refractivity contribution in [1.82, 2.24) is 14.8 Å². The number of likely N-dealkylation sites (N-methyl/N-ethyl adjacent to an activating group) is 1. The van der Waals surface area contributed by atoms with E-state index in [1.165, 1.54) is 24.1 Å². The van der Waals surface area contributed by atoms with Crippen LogP contribution in [0.1, 0.15) is 29.8 Å². The molecule has 0 aromatic carbocycles. The molecule has 2 N–H and O–H groups in total. The molecule has 8 heteroatoms. The summed E-state index contributed by atoms with van der Waals surface area (Å²) >= 11 is 1.61. The second-order valence-corrected chi connectivity index (χ2v) is 7.59. The molecule has 0 saturated heterocycles. The molecule has 0 unspecified atom stereocenters. The zero-order valence-electron chi connectivity index (χ0n) is 15.3. The molecule has 142 valence electrons. The van der Waals surface area contributed by atoms with Crippen molar-refractivity contribution in [2.24, 2.45) is 0 Å². The van der Waals surface area contributed by atoms with Crippen molar-refractivity contribution < 1.29 is 14.6 Å². The number of rotatable bonds is 9. The summed E-state index contributed by atoms with van der Waals surface area (Å²) in [6.45, 7) is 2.59. The Hall–Kier alpha value is -1.22. The summed E-state index contributed by atoms with van der Waals surface area (Å²) in [5.74, 6) is 0. The lowest BCUT2D eigenvalue weighted by Crippen LogP contribution is -2.41. The van der Waals surface area contributed by atoms with Crippen LogP contribution in [0.4, 0.5) is 9.93 Å². The van der Waals surface area contributed by atoms with Gasteiger partial charge in [0.2, 0.25) is 0 Å². The van der Waals surface area contributed by atoms with Gasteiger partial charge in [-0.15, -0.1) is 11.3 Å². The Morgan fingerprint density at radius 1 is 1.20 bits per heavy atom. The number of nitrogens with one attached hydrogen (secondary N) is 1. The second-order valence-electron chi connectivity index (χ2n) is 6.51. The number of aliphatic hydroxyl groups excluding tert-OH is 1. The van der Waals surface area contributed by atoms with E-state index in [2.05, 4.69) is 10.3 Å². The quantitative estimate of drug-likeness (QED) is 0.512. The van der Waals surface area contributed by atoms with Gasteiger partial charge in [-0.3, -0.25) is 5.32 Å². The fraction of sp³-hybridized carbons (Fsp3) is 0.765. The van der Waals surface area contributed by atoms with Crippen LogP contribution in [-0.4, -0.2) is 79.5 Å². The van der Waals surface area contributed by atoms with Gasteiger partial charge in [-0.05, 0) is 39.8 Å². The first-order valence-electron chi connectivity index (χ1n) is 8.98. The highest BCUT2D eigenvalue weighted by atomic mass is 32.1. The number of aromatic nitrogens is 1. The lowest BCUT2D eigenvalue weighted by molar-refractivity contribution is 0.0791. The van der Waals surface area contributed by atoms with Crippen LogP contribution in [0.15, 0.2) is 0 Å². The predicted octanol–water partition coefficient (Wildman–Crippen LogP) is 1.82. The zero-order valence-corrected chi connectivity index (χ0v) is 16.1. The highest BCUT2D eigenvalue weighted by molar-refractivity contribution is 7.15. The normalized spacial score (nSPS) is 14.2. The van der Waals surface area contributed by atoms with Crippen LogP contribution < -0.4 is 5.32 Å². The van der Waals surface area contributed by atoms with Crippen LogP contribution in [0.3, 0.4) is 0 Å². The SMILES string of the molecule is CN(C)CCN(CCOCCO)C(=O)Nc1nc2c(s1)CCCCC2. The smallest absolute Gasteiger partial charge is 0.323 e. The number of carbonyl (C=O) groups is 1. The van der Waals surface area contributed by atoms with Crippen molar-refractivity contribution in [3.8, 4) is 0 Å². The van der Waals surface area contributed by atoms with Crippen molar-refractivity contribution in [3.63, 3.8) is 0 Å². The van der Waals surface area contributed by atoms with Crippen molar-refractivity contribution >= 4 is 22.5 Å². The van der Waals surface area contributed by atoms with Gasteiger partial charge in [0.1, 0.15) is 0 Å². The maximum absolute atomic E-state index is 12.6. The number of urea groups is 1. The molecule has 1 aliphatic rings. The van der Waals surface area contributed by atoms with E-state index in [1.54, 1.807) is 16.2 Å². The summed E-state index contributed by atoms with van der Waals surface area (Å²) in [7, 11) is 3.96. The number of hydrogen-bond acceptors (Lipinski definition) is 6. The molecule has 0 fully saturated rings. The van der Waals surface area contributed by atoms with Crippen LogP contribution in [-0.2, 0) is 17.6 Å². The first-order valence-corrected chi connectivity index (χ1v) is 9.79. The maximum Gasteiger partial charge on any atom is 0.323 e. The number of fused-ring (bicyclic) bond motifs is 1. The Kier molecular flexibility index (Phi) is 8.60. The molecule has 0 bridgehead atoms. The second kappa shape index (κ2) is 10.7. The van der Waals surface area contributed by atoms with E-state index in [0.29, 0.717) is 31.4 Å². The molecule has 2 amide bonds. The van der Waals surface area contributed by atoms with Gasteiger partial charge in [-0.2, -0.15) is 0 Å². The number of anilines is 1. The maximum atomic E-state index is 12.6. The third-order valence-corrected chi connectivity index (χ3v) is 5.23. The molecule has 0 radical (unpaired) electrons. The molecule has 1 aromatic rings. The third kappa shape index (κ3) is 6.89. The number of carbonyl (C=O) groups excluding carboxylic acids is 1. The van der Waals surface area contributed by atoms with Crippen LogP contribution in [0.2, 0.25) is 0 Å². The molecule has 1 heterocycles. The number of thiazole rings is 1. The number of nitrogens with zero attached hydrogens (tertiary/aromatic N) is 3. The van der Waals surface area contributed by atoms with Crippen molar-refractivity contribution in [3.05, 3.63) is 10.6 Å². The van der Waals surface area contributed by atoms with Gasteiger partial charge >= 0.3 is 6.03 Å². The molecular weight excluding hydrogens is 340 g/mol. The van der Waals surface area contributed by atoms with E-state index in [1.807, 2.05) is 19.0 Å². The van der Waals surface area contributed by atoms with E-state index in [9.17, 15) is 4.79 Å². The van der Waals surface area contributed by atoms with Crippen LogP contribution in [0.5, 0.6) is 0 Å². The highest BCUT2D eigenvalue weighted by Crippen LogP contribution is 2.29. The Balaban J connectivity index is 1.92. The molecule has 0 spiro atoms. The first-order chi connectivity index (χ1) is 12.1. The standard InChI is InChI=1S/C17H30N4O3S/c1-20(2)8-9-21(10-12-24-13-11-22)17(23)19-16-18-14-6-4-3-5-7-15(14)25-16/h22H,3-13H2,1-2H3,(H,18,19,23). The molecule has 0 saturated carbocycles. The van der Waals surface area contributed by atoms with Crippen LogP contribution in [0, 0.1) is 0 Å². The van der Waals surface area contributed by atoms with Gasteiger partial charge in [0, 0.05) is 24.5 Å². The molecule has 0 aliphatic heterocycles. The van der Waals surface area contributed by atoms with E-state index in [4.69, 9.17) is 9.84 Å². The van der Waals surface area contributed by atoms with Gasteiger partial charge < -0.3 is 19.6 Å². The number of ether oxygens (including phenoxy) is 1. The predicted molar refractivity (Wildman–Crippen MR) is 100 cm³/mol. The summed E-state index contributed by atoms with van der Waals surface area (Å²) in [4.78, 5) is 22.4. The van der Waals surface area contributed by atoms with Gasteiger partial charge in [-0.1, -0.05) is 6.42 Å². The summed E-state index contributed by atoms with van der Waals surface area (Å²) in [5.41, 5.74) is 1.16. The van der Waals surface area contributed by atoms with Gasteiger partial charge in [0.15, 0.2) is 5.13 Å². The van der Waals surface area contributed by atoms with Gasteiger partial charge in [0.05, 0.1) is 25.5 Å². The molecule has 0 atom stereocenters. The summed E-state index contributed by atoms with van der Waals surface area (Å²) in [5, 5.41) is 12.4. The highest BCUT2D eigenvalue weighted by Gasteiger charge is 2.18. The monoisotopic (exact) mass is 370 g/mol. The van der Waals surface area contributed by atoms with E-state index in [-0.39, 0.29) is 12.6 Å². The molecule has 7 nitrogen and oxygen atoms in total. The largest absolute Gasteiger partial charge is 0.394 e. The zero-order chi connectivity index (χ0) is 18.1. The minimum Gasteiger partial charge on any atom is -0.394 e. The average molecular weight is 371 g/mol. The molecule has 1 aromatic heterocycles. The Morgan fingerprint density at radius 2 is 2.00 bits per heavy atom. The Bertz CT molecular complexity index is 512. The van der Waals surface area contributed by atoms with Crippen molar-refractivity contribution in [2.45, 2.75) is 32.1 Å². The van der Waals surface area contributed by atoms with Gasteiger partial charge in [-0.25, -0.2) is 9.78 Å². The van der Waals surface area contributed by atoms with E-state index in [0.717, 1.165) is 25.1 Å². The lowest BCUT2D eigenvalue weighted by Gasteiger charge is -2.24. The minimum atomic E-state index is -0.140. The molecule has 2 rings (SSSR count). The molecule has 25 heavy (non-hydrogen) atoms. The number of aliphatic hydroxyl groups is 1. The fourth-order valence-electron chi connectivity index (χ4n) is 2.73. The number of aryl methyl sites for hydroxylation is 2. The number of amides is 2.